The summed E-state index contributed by atoms with van der Waals surface area (Å²) in [6, 6.07) is 18.1. The van der Waals surface area contributed by atoms with E-state index in [-0.39, 0.29) is 5.82 Å². The summed E-state index contributed by atoms with van der Waals surface area (Å²) in [6.07, 6.45) is 0.845. The molecule has 158 valence electrons. The molecule has 1 N–H and O–H groups in total. The number of methoxy groups -OCH3 is 2. The summed E-state index contributed by atoms with van der Waals surface area (Å²) in [7, 11) is 3.30. The molecule has 0 aliphatic heterocycles. The Bertz CT molecular complexity index is 963. The zero-order valence-corrected chi connectivity index (χ0v) is 18.7. The van der Waals surface area contributed by atoms with Crippen LogP contribution in [0, 0.1) is 5.82 Å². The second-order valence-electron chi connectivity index (χ2n) is 6.71. The van der Waals surface area contributed by atoms with E-state index >= 15 is 0 Å². The van der Waals surface area contributed by atoms with Gasteiger partial charge < -0.3 is 19.5 Å². The summed E-state index contributed by atoms with van der Waals surface area (Å²) < 4.78 is 31.1. The maximum absolute atomic E-state index is 13.1. The van der Waals surface area contributed by atoms with E-state index in [1.807, 2.05) is 30.3 Å². The number of hydrogen-bond acceptors (Lipinski definition) is 4. The Morgan fingerprint density at radius 2 is 1.63 bits per heavy atom. The van der Waals surface area contributed by atoms with Crippen molar-refractivity contribution >= 4 is 15.9 Å². The first-order valence-electron chi connectivity index (χ1n) is 9.67. The first-order chi connectivity index (χ1) is 14.6. The first kappa shape index (κ1) is 22.1. The van der Waals surface area contributed by atoms with Crippen molar-refractivity contribution in [3.05, 3.63) is 87.6 Å². The molecule has 3 rings (SSSR count). The predicted molar refractivity (Wildman–Crippen MR) is 120 cm³/mol. The van der Waals surface area contributed by atoms with Crippen molar-refractivity contribution in [1.29, 1.82) is 0 Å². The van der Waals surface area contributed by atoms with Crippen molar-refractivity contribution in [2.75, 3.05) is 20.8 Å². The number of ether oxygens (including phenoxy) is 3. The molecule has 0 saturated heterocycles. The van der Waals surface area contributed by atoms with Crippen LogP contribution in [-0.4, -0.2) is 20.8 Å². The van der Waals surface area contributed by atoms with E-state index in [0.717, 1.165) is 39.9 Å². The van der Waals surface area contributed by atoms with Gasteiger partial charge in [-0.05, 0) is 54.4 Å². The zero-order chi connectivity index (χ0) is 21.3. The van der Waals surface area contributed by atoms with Crippen molar-refractivity contribution in [2.24, 2.45) is 0 Å². The normalized spacial score (nSPS) is 10.7. The first-order valence-corrected chi connectivity index (χ1v) is 10.5. The van der Waals surface area contributed by atoms with Crippen LogP contribution >= 0.6 is 15.9 Å². The third kappa shape index (κ3) is 5.74. The van der Waals surface area contributed by atoms with Gasteiger partial charge in [0.05, 0.1) is 14.2 Å². The maximum Gasteiger partial charge on any atom is 0.167 e. The highest BCUT2D eigenvalue weighted by atomic mass is 79.9. The summed E-state index contributed by atoms with van der Waals surface area (Å²) in [6.45, 7) is 1.70. The van der Waals surface area contributed by atoms with E-state index in [0.29, 0.717) is 24.7 Å². The van der Waals surface area contributed by atoms with E-state index in [1.54, 1.807) is 26.4 Å². The molecule has 30 heavy (non-hydrogen) atoms. The number of hydrogen-bond donors (Lipinski definition) is 1. The van der Waals surface area contributed by atoms with Gasteiger partial charge in [-0.25, -0.2) is 4.39 Å². The van der Waals surface area contributed by atoms with Crippen LogP contribution in [0.4, 0.5) is 4.39 Å². The molecule has 0 aliphatic carbocycles. The van der Waals surface area contributed by atoms with E-state index in [1.165, 1.54) is 12.1 Å². The molecule has 0 aliphatic rings. The molecule has 6 heteroatoms. The van der Waals surface area contributed by atoms with Gasteiger partial charge in [-0.1, -0.05) is 46.3 Å². The summed E-state index contributed by atoms with van der Waals surface area (Å²) >= 11 is 3.62. The Kier molecular flexibility index (Phi) is 8.11. The van der Waals surface area contributed by atoms with E-state index in [4.69, 9.17) is 14.2 Å². The van der Waals surface area contributed by atoms with Crippen molar-refractivity contribution in [3.63, 3.8) is 0 Å². The third-order valence-electron chi connectivity index (χ3n) is 4.75. The molecule has 0 radical (unpaired) electrons. The van der Waals surface area contributed by atoms with Gasteiger partial charge in [0.1, 0.15) is 18.2 Å². The van der Waals surface area contributed by atoms with Crippen LogP contribution < -0.4 is 19.5 Å². The fraction of sp³-hybridized carbons (Fsp3) is 0.250. The van der Waals surface area contributed by atoms with Crippen LogP contribution in [0.3, 0.4) is 0 Å². The monoisotopic (exact) mass is 473 g/mol. The SMILES string of the molecule is COc1ccccc1CCNCc1c(Br)ccc(OC)c1OCc1ccc(F)cc1. The van der Waals surface area contributed by atoms with Crippen LogP contribution in [0.15, 0.2) is 65.1 Å². The molecular formula is C24H25BrFNO3. The molecule has 0 atom stereocenters. The zero-order valence-electron chi connectivity index (χ0n) is 17.1. The average molecular weight is 474 g/mol. The van der Waals surface area contributed by atoms with Crippen LogP contribution in [0.5, 0.6) is 17.2 Å². The minimum atomic E-state index is -0.265. The summed E-state index contributed by atoms with van der Waals surface area (Å²) in [5, 5.41) is 3.47. The average Bonchev–Trinajstić information content (AvgIpc) is 2.77. The molecule has 0 heterocycles. The Morgan fingerprint density at radius 1 is 0.900 bits per heavy atom. The molecule has 3 aromatic rings. The Morgan fingerprint density at radius 3 is 2.37 bits per heavy atom. The molecular weight excluding hydrogens is 449 g/mol. The summed E-state index contributed by atoms with van der Waals surface area (Å²) in [4.78, 5) is 0. The Hall–Kier alpha value is -2.57. The minimum Gasteiger partial charge on any atom is -0.496 e. The topological polar surface area (TPSA) is 39.7 Å². The fourth-order valence-electron chi connectivity index (χ4n) is 3.15. The van der Waals surface area contributed by atoms with Gasteiger partial charge in [0.25, 0.3) is 0 Å². The van der Waals surface area contributed by atoms with Crippen LogP contribution in [0.25, 0.3) is 0 Å². The van der Waals surface area contributed by atoms with Crippen LogP contribution in [0.1, 0.15) is 16.7 Å². The number of nitrogens with one attached hydrogen (secondary N) is 1. The number of para-hydroxylation sites is 1. The molecule has 0 spiro atoms. The van der Waals surface area contributed by atoms with E-state index < -0.39 is 0 Å². The standard InChI is InChI=1S/C24H25BrFNO3/c1-28-22-6-4-3-5-18(22)13-14-27-15-20-21(25)11-12-23(29-2)24(20)30-16-17-7-9-19(26)10-8-17/h3-12,27H,13-16H2,1-2H3. The quantitative estimate of drug-likeness (QED) is 0.393. The lowest BCUT2D eigenvalue weighted by Crippen LogP contribution is -2.18. The van der Waals surface area contributed by atoms with Gasteiger partial charge in [-0.2, -0.15) is 0 Å². The Balaban J connectivity index is 1.67. The third-order valence-corrected chi connectivity index (χ3v) is 5.49. The summed E-state index contributed by atoms with van der Waals surface area (Å²) in [5.74, 6) is 1.95. The highest BCUT2D eigenvalue weighted by Gasteiger charge is 2.15. The Labute approximate surface area is 185 Å². The molecule has 0 saturated carbocycles. The second kappa shape index (κ2) is 11.0. The highest BCUT2D eigenvalue weighted by Crippen LogP contribution is 2.36. The highest BCUT2D eigenvalue weighted by molar-refractivity contribution is 9.10. The fourth-order valence-corrected chi connectivity index (χ4v) is 3.60. The van der Waals surface area contributed by atoms with Crippen molar-refractivity contribution in [1.82, 2.24) is 5.32 Å². The maximum atomic E-state index is 13.1. The van der Waals surface area contributed by atoms with Crippen LogP contribution in [0.2, 0.25) is 0 Å². The second-order valence-corrected chi connectivity index (χ2v) is 7.57. The molecule has 0 bridgehead atoms. The lowest BCUT2D eigenvalue weighted by molar-refractivity contribution is 0.280. The molecule has 0 fully saturated rings. The van der Waals surface area contributed by atoms with Crippen molar-refractivity contribution < 1.29 is 18.6 Å². The minimum absolute atomic E-state index is 0.265. The van der Waals surface area contributed by atoms with Crippen molar-refractivity contribution in [2.45, 2.75) is 19.6 Å². The summed E-state index contributed by atoms with van der Waals surface area (Å²) in [5.41, 5.74) is 3.01. The number of benzene rings is 3. The van der Waals surface area contributed by atoms with Gasteiger partial charge in [0.2, 0.25) is 0 Å². The van der Waals surface area contributed by atoms with E-state index in [2.05, 4.69) is 27.3 Å². The lowest BCUT2D eigenvalue weighted by atomic mass is 10.1. The number of rotatable bonds is 10. The van der Waals surface area contributed by atoms with Gasteiger partial charge in [-0.15, -0.1) is 0 Å². The van der Waals surface area contributed by atoms with Gasteiger partial charge in [0, 0.05) is 16.6 Å². The molecule has 3 aromatic carbocycles. The molecule has 0 unspecified atom stereocenters. The molecule has 0 aromatic heterocycles. The predicted octanol–water partition coefficient (Wildman–Crippen LogP) is 5.52. The smallest absolute Gasteiger partial charge is 0.167 e. The molecule has 4 nitrogen and oxygen atoms in total. The van der Waals surface area contributed by atoms with E-state index in [9.17, 15) is 4.39 Å². The largest absolute Gasteiger partial charge is 0.496 e. The van der Waals surface area contributed by atoms with Gasteiger partial charge in [0.15, 0.2) is 11.5 Å². The van der Waals surface area contributed by atoms with Crippen LogP contribution in [-0.2, 0) is 19.6 Å². The van der Waals surface area contributed by atoms with Gasteiger partial charge >= 0.3 is 0 Å². The molecule has 0 amide bonds. The lowest BCUT2D eigenvalue weighted by Gasteiger charge is -2.17. The van der Waals surface area contributed by atoms with Crippen molar-refractivity contribution in [3.8, 4) is 17.2 Å². The van der Waals surface area contributed by atoms with Gasteiger partial charge in [-0.3, -0.25) is 0 Å². The number of halogens is 2.